The molecule has 0 spiro atoms. The van der Waals surface area contributed by atoms with Crippen molar-refractivity contribution < 1.29 is 4.79 Å². The van der Waals surface area contributed by atoms with E-state index >= 15 is 0 Å². The van der Waals surface area contributed by atoms with Gasteiger partial charge in [0.05, 0.1) is 0 Å². The highest BCUT2D eigenvalue weighted by atomic mass is 32.1. The minimum atomic E-state index is 0.118. The molecule has 2 aliphatic rings. The van der Waals surface area contributed by atoms with Gasteiger partial charge >= 0.3 is 0 Å². The maximum atomic E-state index is 11.8. The zero-order chi connectivity index (χ0) is 12.1. The van der Waals surface area contributed by atoms with Gasteiger partial charge in [-0.3, -0.25) is 4.79 Å². The molecular weight excluding hydrogens is 232 g/mol. The van der Waals surface area contributed by atoms with Crippen LogP contribution in [0, 0.1) is 5.92 Å². The summed E-state index contributed by atoms with van der Waals surface area (Å²) in [5, 5.41) is 3.54. The third-order valence-electron chi connectivity index (χ3n) is 3.84. The number of carbonyl (C=O) groups excluding carboxylic acids is 1. The predicted octanol–water partition coefficient (Wildman–Crippen LogP) is 2.45. The summed E-state index contributed by atoms with van der Waals surface area (Å²) in [5.41, 5.74) is 0. The standard InChI is InChI=1S/C13H22N2OS/c16-12(10-11-6-2-3-7-11)14-13(17)15-8-4-1-5-9-15/h11H,1-10H2,(H,14,16,17). The summed E-state index contributed by atoms with van der Waals surface area (Å²) in [4.78, 5) is 14.0. The Morgan fingerprint density at radius 3 is 2.41 bits per heavy atom. The molecule has 0 aromatic carbocycles. The van der Waals surface area contributed by atoms with Gasteiger partial charge in [0.25, 0.3) is 0 Å². The van der Waals surface area contributed by atoms with E-state index in [-0.39, 0.29) is 5.91 Å². The summed E-state index contributed by atoms with van der Waals surface area (Å²) in [6.07, 6.45) is 9.33. The summed E-state index contributed by atoms with van der Waals surface area (Å²) in [7, 11) is 0. The van der Waals surface area contributed by atoms with Gasteiger partial charge in [-0.2, -0.15) is 0 Å². The molecule has 1 saturated heterocycles. The summed E-state index contributed by atoms with van der Waals surface area (Å²) in [5.74, 6) is 0.714. The van der Waals surface area contributed by atoms with Gasteiger partial charge < -0.3 is 10.2 Å². The first-order valence-electron chi connectivity index (χ1n) is 6.84. The van der Waals surface area contributed by atoms with Crippen LogP contribution in [0.2, 0.25) is 0 Å². The lowest BCUT2D eigenvalue weighted by Crippen LogP contribution is -2.45. The van der Waals surface area contributed by atoms with Gasteiger partial charge in [-0.05, 0) is 50.2 Å². The quantitative estimate of drug-likeness (QED) is 0.768. The van der Waals surface area contributed by atoms with E-state index < -0.39 is 0 Å². The van der Waals surface area contributed by atoms with Crippen molar-refractivity contribution >= 4 is 23.2 Å². The van der Waals surface area contributed by atoms with Crippen molar-refractivity contribution in [1.82, 2.24) is 10.2 Å². The van der Waals surface area contributed by atoms with Crippen LogP contribution in [0.4, 0.5) is 0 Å². The van der Waals surface area contributed by atoms with E-state index in [1.165, 1.54) is 44.9 Å². The molecule has 1 aliphatic carbocycles. The normalized spacial score (nSPS) is 21.5. The molecule has 0 bridgehead atoms. The molecule has 0 aromatic rings. The van der Waals surface area contributed by atoms with Gasteiger partial charge in [-0.25, -0.2) is 0 Å². The first-order valence-corrected chi connectivity index (χ1v) is 7.25. The molecule has 17 heavy (non-hydrogen) atoms. The first kappa shape index (κ1) is 12.8. The summed E-state index contributed by atoms with van der Waals surface area (Å²) >= 11 is 5.29. The van der Waals surface area contributed by atoms with Crippen LogP contribution in [-0.4, -0.2) is 29.0 Å². The molecule has 4 heteroatoms. The van der Waals surface area contributed by atoms with E-state index in [1.807, 2.05) is 0 Å². The van der Waals surface area contributed by atoms with E-state index in [2.05, 4.69) is 10.2 Å². The average molecular weight is 254 g/mol. The first-order chi connectivity index (χ1) is 8.25. The molecule has 2 fully saturated rings. The van der Waals surface area contributed by atoms with Crippen LogP contribution in [0.15, 0.2) is 0 Å². The molecule has 3 nitrogen and oxygen atoms in total. The highest BCUT2D eigenvalue weighted by molar-refractivity contribution is 7.80. The second kappa shape index (κ2) is 6.34. The number of thiocarbonyl (C=S) groups is 1. The highest BCUT2D eigenvalue weighted by Crippen LogP contribution is 2.27. The maximum Gasteiger partial charge on any atom is 0.226 e. The number of rotatable bonds is 2. The number of piperidine rings is 1. The van der Waals surface area contributed by atoms with Crippen LogP contribution < -0.4 is 5.32 Å². The SMILES string of the molecule is O=C(CC1CCCC1)NC(=S)N1CCCCC1. The summed E-state index contributed by atoms with van der Waals surface area (Å²) in [6.45, 7) is 2.01. The van der Waals surface area contributed by atoms with Gasteiger partial charge in [0.1, 0.15) is 0 Å². The Hall–Kier alpha value is -0.640. The van der Waals surface area contributed by atoms with Gasteiger partial charge in [-0.15, -0.1) is 0 Å². The Bertz CT molecular complexity index is 281. The number of amides is 1. The number of likely N-dealkylation sites (tertiary alicyclic amines) is 1. The van der Waals surface area contributed by atoms with Gasteiger partial charge in [0.15, 0.2) is 5.11 Å². The molecular formula is C13H22N2OS. The fourth-order valence-corrected chi connectivity index (χ4v) is 3.12. The number of nitrogens with zero attached hydrogens (tertiary/aromatic N) is 1. The number of hydrogen-bond acceptors (Lipinski definition) is 2. The molecule has 1 N–H and O–H groups in total. The molecule has 1 amide bonds. The van der Waals surface area contributed by atoms with E-state index in [0.29, 0.717) is 17.5 Å². The Balaban J connectivity index is 1.71. The summed E-state index contributed by atoms with van der Waals surface area (Å²) < 4.78 is 0. The lowest BCUT2D eigenvalue weighted by molar-refractivity contribution is -0.120. The van der Waals surface area contributed by atoms with Crippen molar-refractivity contribution in [3.05, 3.63) is 0 Å². The third kappa shape index (κ3) is 3.95. The van der Waals surface area contributed by atoms with Gasteiger partial charge in [0.2, 0.25) is 5.91 Å². The fraction of sp³-hybridized carbons (Fsp3) is 0.846. The minimum absolute atomic E-state index is 0.118. The third-order valence-corrected chi connectivity index (χ3v) is 4.20. The summed E-state index contributed by atoms with van der Waals surface area (Å²) in [6, 6.07) is 0. The lowest BCUT2D eigenvalue weighted by Gasteiger charge is -2.29. The van der Waals surface area contributed by atoms with E-state index in [9.17, 15) is 4.79 Å². The van der Waals surface area contributed by atoms with Crippen molar-refractivity contribution in [3.63, 3.8) is 0 Å². The molecule has 1 saturated carbocycles. The maximum absolute atomic E-state index is 11.8. The van der Waals surface area contributed by atoms with E-state index in [0.717, 1.165) is 13.1 Å². The van der Waals surface area contributed by atoms with Gasteiger partial charge in [-0.1, -0.05) is 12.8 Å². The zero-order valence-corrected chi connectivity index (χ0v) is 11.2. The molecule has 0 unspecified atom stereocenters. The lowest BCUT2D eigenvalue weighted by atomic mass is 10.0. The topological polar surface area (TPSA) is 32.3 Å². The van der Waals surface area contributed by atoms with E-state index in [1.54, 1.807) is 0 Å². The van der Waals surface area contributed by atoms with Crippen LogP contribution in [-0.2, 0) is 4.79 Å². The largest absolute Gasteiger partial charge is 0.349 e. The van der Waals surface area contributed by atoms with Crippen LogP contribution in [0.3, 0.4) is 0 Å². The Kier molecular flexibility index (Phi) is 4.77. The zero-order valence-electron chi connectivity index (χ0n) is 10.4. The van der Waals surface area contributed by atoms with Crippen LogP contribution in [0.1, 0.15) is 51.4 Å². The predicted molar refractivity (Wildman–Crippen MR) is 72.7 cm³/mol. The van der Waals surface area contributed by atoms with Crippen molar-refractivity contribution in [1.29, 1.82) is 0 Å². The second-order valence-electron chi connectivity index (χ2n) is 5.26. The molecule has 1 aliphatic heterocycles. The van der Waals surface area contributed by atoms with E-state index in [4.69, 9.17) is 12.2 Å². The molecule has 0 atom stereocenters. The monoisotopic (exact) mass is 254 g/mol. The second-order valence-corrected chi connectivity index (χ2v) is 5.64. The highest BCUT2D eigenvalue weighted by Gasteiger charge is 2.20. The Labute approximate surface area is 109 Å². The van der Waals surface area contributed by atoms with Gasteiger partial charge in [0, 0.05) is 19.5 Å². The Morgan fingerprint density at radius 1 is 1.12 bits per heavy atom. The van der Waals surface area contributed by atoms with Crippen molar-refractivity contribution in [2.24, 2.45) is 5.92 Å². The van der Waals surface area contributed by atoms with Crippen molar-refractivity contribution in [2.75, 3.05) is 13.1 Å². The number of carbonyl (C=O) groups is 1. The van der Waals surface area contributed by atoms with Crippen LogP contribution in [0.25, 0.3) is 0 Å². The number of nitrogens with one attached hydrogen (secondary N) is 1. The fourth-order valence-electron chi connectivity index (χ4n) is 2.82. The molecule has 0 radical (unpaired) electrons. The molecule has 96 valence electrons. The van der Waals surface area contributed by atoms with Crippen LogP contribution in [0.5, 0.6) is 0 Å². The van der Waals surface area contributed by atoms with Crippen molar-refractivity contribution in [3.8, 4) is 0 Å². The molecule has 1 heterocycles. The molecule has 0 aromatic heterocycles. The Morgan fingerprint density at radius 2 is 1.76 bits per heavy atom. The average Bonchev–Trinajstić information content (AvgIpc) is 2.82. The number of hydrogen-bond donors (Lipinski definition) is 1. The van der Waals surface area contributed by atoms with Crippen LogP contribution >= 0.6 is 12.2 Å². The minimum Gasteiger partial charge on any atom is -0.349 e. The smallest absolute Gasteiger partial charge is 0.226 e. The van der Waals surface area contributed by atoms with Crippen molar-refractivity contribution in [2.45, 2.75) is 51.4 Å². The molecule has 2 rings (SSSR count).